The number of nitrogens with zero attached hydrogens (tertiary/aromatic N) is 2. The second-order valence-electron chi connectivity index (χ2n) is 4.11. The maximum Gasteiger partial charge on any atom is 0.0709 e. The van der Waals surface area contributed by atoms with Gasteiger partial charge in [0, 0.05) is 34.1 Å². The lowest BCUT2D eigenvalue weighted by atomic mass is 10.1. The Hall–Kier alpha value is -2.42. The Balaban J connectivity index is 2.38. The van der Waals surface area contributed by atoms with Crippen LogP contribution in [0.2, 0.25) is 0 Å². The quantitative estimate of drug-likeness (QED) is 0.493. The third-order valence-corrected chi connectivity index (χ3v) is 3.14. The molecule has 0 aliphatic heterocycles. The van der Waals surface area contributed by atoms with Crippen molar-refractivity contribution >= 4 is 32.7 Å². The lowest BCUT2D eigenvalue weighted by molar-refractivity contribution is 1.36. The minimum absolute atomic E-state index is 1.02. The monoisotopic (exact) mass is 219 g/mol. The average molecular weight is 219 g/mol. The minimum atomic E-state index is 1.02. The smallest absolute Gasteiger partial charge is 0.0709 e. The average Bonchev–Trinajstić information content (AvgIpc) is 2.77. The van der Waals surface area contributed by atoms with Crippen molar-refractivity contribution in [2.45, 2.75) is 0 Å². The fraction of sp³-hybridized carbons (Fsp3) is 0. The van der Waals surface area contributed by atoms with Crippen LogP contribution in [0.4, 0.5) is 0 Å². The number of rotatable bonds is 0. The predicted molar refractivity (Wildman–Crippen MR) is 68.9 cm³/mol. The summed E-state index contributed by atoms with van der Waals surface area (Å²) >= 11 is 0. The molecule has 3 aromatic heterocycles. The van der Waals surface area contributed by atoms with Crippen LogP contribution in [-0.2, 0) is 0 Å². The van der Waals surface area contributed by atoms with Crippen molar-refractivity contribution in [2.24, 2.45) is 0 Å². The number of aromatic nitrogens is 3. The number of aromatic amines is 1. The number of hydrogen-bond acceptors (Lipinski definition) is 2. The zero-order valence-electron chi connectivity index (χ0n) is 9.01. The molecule has 0 saturated carbocycles. The normalized spacial score (nSPS) is 11.5. The molecule has 3 nitrogen and oxygen atoms in total. The Kier molecular flexibility index (Phi) is 1.56. The van der Waals surface area contributed by atoms with Gasteiger partial charge in [0.15, 0.2) is 0 Å². The van der Waals surface area contributed by atoms with E-state index in [9.17, 15) is 0 Å². The first-order valence-electron chi connectivity index (χ1n) is 5.52. The lowest BCUT2D eigenvalue weighted by Crippen LogP contribution is -1.79. The first kappa shape index (κ1) is 8.70. The van der Waals surface area contributed by atoms with Crippen molar-refractivity contribution in [1.29, 1.82) is 0 Å². The molecular formula is C14H9N3. The molecule has 0 aliphatic rings. The molecule has 4 rings (SSSR count). The molecule has 0 saturated heterocycles. The number of hydrogen-bond donors (Lipinski definition) is 1. The van der Waals surface area contributed by atoms with E-state index in [1.165, 1.54) is 10.8 Å². The summed E-state index contributed by atoms with van der Waals surface area (Å²) in [5.41, 5.74) is 3.18. The van der Waals surface area contributed by atoms with Crippen molar-refractivity contribution in [3.8, 4) is 0 Å². The zero-order chi connectivity index (χ0) is 11.2. The van der Waals surface area contributed by atoms with Crippen LogP contribution in [0.1, 0.15) is 0 Å². The van der Waals surface area contributed by atoms with E-state index in [4.69, 9.17) is 0 Å². The van der Waals surface area contributed by atoms with E-state index in [1.807, 2.05) is 36.7 Å². The van der Waals surface area contributed by atoms with Crippen molar-refractivity contribution in [3.63, 3.8) is 0 Å². The summed E-state index contributed by atoms with van der Waals surface area (Å²) in [4.78, 5) is 12.0. The molecule has 0 fully saturated rings. The molecule has 3 heteroatoms. The summed E-state index contributed by atoms with van der Waals surface area (Å²) in [6.45, 7) is 0. The van der Waals surface area contributed by atoms with Crippen LogP contribution in [0.3, 0.4) is 0 Å². The van der Waals surface area contributed by atoms with Gasteiger partial charge in [-0.05, 0) is 12.1 Å². The lowest BCUT2D eigenvalue weighted by Gasteiger charge is -1.98. The van der Waals surface area contributed by atoms with E-state index in [0.717, 1.165) is 21.9 Å². The maximum atomic E-state index is 4.45. The van der Waals surface area contributed by atoms with E-state index in [2.05, 4.69) is 21.0 Å². The summed E-state index contributed by atoms with van der Waals surface area (Å²) < 4.78 is 0. The molecule has 0 amide bonds. The largest absolute Gasteiger partial charge is 0.353 e. The predicted octanol–water partition coefficient (Wildman–Crippen LogP) is 3.26. The van der Waals surface area contributed by atoms with Gasteiger partial charge in [0.1, 0.15) is 0 Å². The van der Waals surface area contributed by atoms with Gasteiger partial charge in [0.25, 0.3) is 0 Å². The molecule has 17 heavy (non-hydrogen) atoms. The Labute approximate surface area is 97.1 Å². The Morgan fingerprint density at radius 3 is 2.82 bits per heavy atom. The molecule has 4 aromatic rings. The fourth-order valence-corrected chi connectivity index (χ4v) is 2.37. The van der Waals surface area contributed by atoms with Crippen LogP contribution in [0.25, 0.3) is 32.7 Å². The van der Waals surface area contributed by atoms with Crippen LogP contribution in [0, 0.1) is 0 Å². The number of pyridine rings is 2. The molecular weight excluding hydrogens is 210 g/mol. The molecule has 1 aromatic carbocycles. The molecule has 3 heterocycles. The van der Waals surface area contributed by atoms with Crippen molar-refractivity contribution in [2.75, 3.05) is 0 Å². The van der Waals surface area contributed by atoms with Gasteiger partial charge in [-0.2, -0.15) is 0 Å². The van der Waals surface area contributed by atoms with Gasteiger partial charge in [-0.25, -0.2) is 0 Å². The molecule has 80 valence electrons. The zero-order valence-corrected chi connectivity index (χ0v) is 9.01. The fourth-order valence-electron chi connectivity index (χ4n) is 2.37. The molecule has 0 spiro atoms. The van der Waals surface area contributed by atoms with E-state index in [1.54, 1.807) is 6.20 Å². The first-order chi connectivity index (χ1) is 8.43. The third-order valence-electron chi connectivity index (χ3n) is 3.14. The molecule has 1 N–H and O–H groups in total. The van der Waals surface area contributed by atoms with Crippen molar-refractivity contribution in [3.05, 3.63) is 48.9 Å². The van der Waals surface area contributed by atoms with Crippen LogP contribution in [0.15, 0.2) is 48.9 Å². The molecule has 0 atom stereocenters. The molecule has 0 aliphatic carbocycles. The van der Waals surface area contributed by atoms with Gasteiger partial charge in [-0.15, -0.1) is 0 Å². The van der Waals surface area contributed by atoms with Gasteiger partial charge in [0.2, 0.25) is 0 Å². The highest BCUT2D eigenvalue weighted by Gasteiger charge is 2.07. The van der Waals surface area contributed by atoms with Gasteiger partial charge in [-0.3, -0.25) is 9.97 Å². The number of benzene rings is 1. The Bertz CT molecular complexity index is 840. The number of H-pyrrole nitrogens is 1. The van der Waals surface area contributed by atoms with Crippen LogP contribution in [0.5, 0.6) is 0 Å². The van der Waals surface area contributed by atoms with E-state index in [0.29, 0.717) is 0 Å². The summed E-state index contributed by atoms with van der Waals surface area (Å²) in [7, 11) is 0. The summed E-state index contributed by atoms with van der Waals surface area (Å²) in [5.74, 6) is 0. The highest BCUT2D eigenvalue weighted by atomic mass is 14.8. The third kappa shape index (κ3) is 1.11. The van der Waals surface area contributed by atoms with Crippen molar-refractivity contribution < 1.29 is 0 Å². The van der Waals surface area contributed by atoms with Crippen molar-refractivity contribution in [1.82, 2.24) is 15.0 Å². The number of fused-ring (bicyclic) bond motifs is 5. The minimum Gasteiger partial charge on any atom is -0.353 e. The number of para-hydroxylation sites is 1. The van der Waals surface area contributed by atoms with Crippen LogP contribution in [-0.4, -0.2) is 15.0 Å². The highest BCUT2D eigenvalue weighted by Crippen LogP contribution is 2.29. The van der Waals surface area contributed by atoms with E-state index in [-0.39, 0.29) is 0 Å². The van der Waals surface area contributed by atoms with Crippen LogP contribution >= 0.6 is 0 Å². The van der Waals surface area contributed by atoms with Gasteiger partial charge >= 0.3 is 0 Å². The molecule has 0 unspecified atom stereocenters. The summed E-state index contributed by atoms with van der Waals surface area (Å²) in [6, 6.07) is 10.2. The van der Waals surface area contributed by atoms with Crippen LogP contribution < -0.4 is 0 Å². The highest BCUT2D eigenvalue weighted by molar-refractivity contribution is 6.18. The Morgan fingerprint density at radius 1 is 0.882 bits per heavy atom. The van der Waals surface area contributed by atoms with E-state index < -0.39 is 0 Å². The van der Waals surface area contributed by atoms with Gasteiger partial charge < -0.3 is 4.98 Å². The second kappa shape index (κ2) is 3.04. The van der Waals surface area contributed by atoms with E-state index >= 15 is 0 Å². The second-order valence-corrected chi connectivity index (χ2v) is 4.11. The van der Waals surface area contributed by atoms with Gasteiger partial charge in [-0.1, -0.05) is 18.2 Å². The topological polar surface area (TPSA) is 41.6 Å². The number of nitrogens with one attached hydrogen (secondary N) is 1. The molecule has 0 radical (unpaired) electrons. The SMILES string of the molecule is c1ccc2c(c1)ncc1[nH]c3ccncc3c12. The summed E-state index contributed by atoms with van der Waals surface area (Å²) in [5, 5.41) is 3.53. The maximum absolute atomic E-state index is 4.45. The Morgan fingerprint density at radius 2 is 1.82 bits per heavy atom. The summed E-state index contributed by atoms with van der Waals surface area (Å²) in [6.07, 6.45) is 5.59. The standard InChI is InChI=1S/C14H9N3/c1-2-4-11-9(3-1)14-10-7-15-6-5-12(10)17-13(14)8-16-11/h1-8,17H. The molecule has 0 bridgehead atoms. The first-order valence-corrected chi connectivity index (χ1v) is 5.52. The van der Waals surface area contributed by atoms with Gasteiger partial charge in [0.05, 0.1) is 17.2 Å².